The zero-order valence-electron chi connectivity index (χ0n) is 11.0. The first-order chi connectivity index (χ1) is 9.79. The van der Waals surface area contributed by atoms with Crippen LogP contribution < -0.4 is 5.32 Å². The summed E-state index contributed by atoms with van der Waals surface area (Å²) in [5.74, 6) is -0.212. The Balaban J connectivity index is 1.83. The minimum Gasteiger partial charge on any atom is -0.382 e. The molecule has 2 rings (SSSR count). The lowest BCUT2D eigenvalue weighted by Crippen LogP contribution is -2.19. The van der Waals surface area contributed by atoms with Gasteiger partial charge in [-0.1, -0.05) is 0 Å². The largest absolute Gasteiger partial charge is 0.382 e. The molecule has 1 N–H and O–H groups in total. The molecular formula is C12H15N5O3. The number of tetrazole rings is 1. The van der Waals surface area contributed by atoms with Crippen LogP contribution in [0, 0.1) is 0 Å². The van der Waals surface area contributed by atoms with Crippen molar-refractivity contribution in [1.82, 2.24) is 20.2 Å². The van der Waals surface area contributed by atoms with Crippen molar-refractivity contribution in [2.75, 3.05) is 32.2 Å². The van der Waals surface area contributed by atoms with Crippen LogP contribution in [0.25, 0.3) is 5.69 Å². The van der Waals surface area contributed by atoms with E-state index in [2.05, 4.69) is 20.8 Å². The summed E-state index contributed by atoms with van der Waals surface area (Å²) in [7, 11) is 1.58. The Bertz CT molecular complexity index is 527. The zero-order chi connectivity index (χ0) is 14.2. The Labute approximate surface area is 115 Å². The lowest BCUT2D eigenvalue weighted by atomic mass is 10.3. The van der Waals surface area contributed by atoms with Crippen LogP contribution in [-0.2, 0) is 14.3 Å². The van der Waals surface area contributed by atoms with Gasteiger partial charge in [0.1, 0.15) is 12.9 Å². The highest BCUT2D eigenvalue weighted by molar-refractivity contribution is 5.91. The number of methoxy groups -OCH3 is 1. The number of nitrogens with one attached hydrogen (secondary N) is 1. The van der Waals surface area contributed by atoms with Gasteiger partial charge in [0, 0.05) is 12.8 Å². The number of aromatic nitrogens is 4. The molecule has 106 valence electrons. The van der Waals surface area contributed by atoms with E-state index in [0.717, 1.165) is 5.69 Å². The number of amides is 1. The van der Waals surface area contributed by atoms with Crippen molar-refractivity contribution >= 4 is 11.6 Å². The van der Waals surface area contributed by atoms with Crippen LogP contribution in [-0.4, -0.2) is 53.0 Å². The molecule has 0 aliphatic rings. The minimum atomic E-state index is -0.212. The number of rotatable bonds is 7. The van der Waals surface area contributed by atoms with Gasteiger partial charge in [-0.3, -0.25) is 4.79 Å². The summed E-state index contributed by atoms with van der Waals surface area (Å²) in [6, 6.07) is 7.14. The molecule has 0 aliphatic heterocycles. The van der Waals surface area contributed by atoms with Crippen LogP contribution in [0.1, 0.15) is 0 Å². The summed E-state index contributed by atoms with van der Waals surface area (Å²) in [6.45, 7) is 0.855. The van der Waals surface area contributed by atoms with Crippen LogP contribution in [0.15, 0.2) is 30.6 Å². The molecule has 0 unspecified atom stereocenters. The molecule has 0 atom stereocenters. The molecule has 1 heterocycles. The van der Waals surface area contributed by atoms with Crippen molar-refractivity contribution in [3.63, 3.8) is 0 Å². The molecule has 2 aromatic rings. The third-order valence-corrected chi connectivity index (χ3v) is 2.43. The highest BCUT2D eigenvalue weighted by Gasteiger charge is 2.03. The van der Waals surface area contributed by atoms with Gasteiger partial charge in [0.05, 0.1) is 18.9 Å². The van der Waals surface area contributed by atoms with Gasteiger partial charge < -0.3 is 14.8 Å². The maximum atomic E-state index is 11.6. The fourth-order valence-electron chi connectivity index (χ4n) is 1.48. The van der Waals surface area contributed by atoms with Gasteiger partial charge in [-0.2, -0.15) is 0 Å². The highest BCUT2D eigenvalue weighted by atomic mass is 16.5. The van der Waals surface area contributed by atoms with E-state index in [0.29, 0.717) is 18.9 Å². The third-order valence-electron chi connectivity index (χ3n) is 2.43. The van der Waals surface area contributed by atoms with Gasteiger partial charge in [0.2, 0.25) is 5.91 Å². The highest BCUT2D eigenvalue weighted by Crippen LogP contribution is 2.11. The summed E-state index contributed by atoms with van der Waals surface area (Å²) < 4.78 is 11.5. The molecule has 8 heteroatoms. The summed E-state index contributed by atoms with van der Waals surface area (Å²) in [6.07, 6.45) is 1.50. The molecule has 0 fully saturated rings. The van der Waals surface area contributed by atoms with Crippen LogP contribution in [0.5, 0.6) is 0 Å². The first-order valence-electron chi connectivity index (χ1n) is 5.99. The van der Waals surface area contributed by atoms with Gasteiger partial charge in [-0.15, -0.1) is 5.10 Å². The van der Waals surface area contributed by atoms with Gasteiger partial charge >= 0.3 is 0 Å². The predicted octanol–water partition coefficient (Wildman–Crippen LogP) is 0.264. The molecule has 1 aromatic heterocycles. The van der Waals surface area contributed by atoms with Crippen molar-refractivity contribution in [2.24, 2.45) is 0 Å². The van der Waals surface area contributed by atoms with E-state index in [1.807, 2.05) is 0 Å². The second-order valence-corrected chi connectivity index (χ2v) is 3.89. The number of hydrogen-bond donors (Lipinski definition) is 1. The molecule has 8 nitrogen and oxygen atoms in total. The van der Waals surface area contributed by atoms with Crippen LogP contribution in [0.2, 0.25) is 0 Å². The number of ether oxygens (including phenoxy) is 2. The number of carbonyl (C=O) groups is 1. The Hall–Kier alpha value is -2.32. The van der Waals surface area contributed by atoms with E-state index in [-0.39, 0.29) is 12.5 Å². The Morgan fingerprint density at radius 1 is 1.30 bits per heavy atom. The lowest BCUT2D eigenvalue weighted by Gasteiger charge is -2.07. The Kier molecular flexibility index (Phi) is 5.15. The van der Waals surface area contributed by atoms with E-state index in [9.17, 15) is 4.79 Å². The fraction of sp³-hybridized carbons (Fsp3) is 0.333. The zero-order valence-corrected chi connectivity index (χ0v) is 11.0. The van der Waals surface area contributed by atoms with Crippen LogP contribution >= 0.6 is 0 Å². The quantitative estimate of drug-likeness (QED) is 0.730. The molecule has 0 aliphatic carbocycles. The van der Waals surface area contributed by atoms with Gasteiger partial charge in [-0.25, -0.2) is 4.68 Å². The number of carbonyl (C=O) groups excluding carboxylic acids is 1. The van der Waals surface area contributed by atoms with Gasteiger partial charge in [0.15, 0.2) is 0 Å². The van der Waals surface area contributed by atoms with Crippen molar-refractivity contribution in [3.05, 3.63) is 30.6 Å². The van der Waals surface area contributed by atoms with E-state index in [4.69, 9.17) is 9.47 Å². The standard InChI is InChI=1S/C12H15N5O3/c1-19-6-7-20-8-12(18)14-10-2-4-11(5-3-10)17-9-13-15-16-17/h2-5,9H,6-8H2,1H3,(H,14,18). The molecule has 20 heavy (non-hydrogen) atoms. The summed E-state index contributed by atoms with van der Waals surface area (Å²) in [4.78, 5) is 11.6. The second-order valence-electron chi connectivity index (χ2n) is 3.89. The molecular weight excluding hydrogens is 262 g/mol. The molecule has 0 spiro atoms. The van der Waals surface area contributed by atoms with Crippen molar-refractivity contribution in [3.8, 4) is 5.69 Å². The number of anilines is 1. The summed E-state index contributed by atoms with van der Waals surface area (Å²) in [5, 5.41) is 13.6. The molecule has 0 saturated heterocycles. The van der Waals surface area contributed by atoms with Crippen LogP contribution in [0.3, 0.4) is 0 Å². The van der Waals surface area contributed by atoms with Crippen molar-refractivity contribution < 1.29 is 14.3 Å². The molecule has 1 amide bonds. The lowest BCUT2D eigenvalue weighted by molar-refractivity contribution is -0.121. The third kappa shape index (κ3) is 4.11. The normalized spacial score (nSPS) is 10.4. The number of nitrogens with zero attached hydrogens (tertiary/aromatic N) is 4. The van der Waals surface area contributed by atoms with Gasteiger partial charge in [-0.05, 0) is 34.7 Å². The maximum absolute atomic E-state index is 11.6. The van der Waals surface area contributed by atoms with Gasteiger partial charge in [0.25, 0.3) is 0 Å². The molecule has 0 radical (unpaired) electrons. The summed E-state index contributed by atoms with van der Waals surface area (Å²) >= 11 is 0. The average Bonchev–Trinajstić information content (AvgIpc) is 2.99. The van der Waals surface area contributed by atoms with Crippen LogP contribution in [0.4, 0.5) is 5.69 Å². The summed E-state index contributed by atoms with van der Waals surface area (Å²) in [5.41, 5.74) is 1.49. The topological polar surface area (TPSA) is 91.2 Å². The Morgan fingerprint density at radius 3 is 2.75 bits per heavy atom. The first kappa shape index (κ1) is 14.1. The smallest absolute Gasteiger partial charge is 0.250 e. The van der Waals surface area contributed by atoms with E-state index in [1.54, 1.807) is 31.4 Å². The average molecular weight is 277 g/mol. The van der Waals surface area contributed by atoms with E-state index < -0.39 is 0 Å². The van der Waals surface area contributed by atoms with E-state index in [1.165, 1.54) is 11.0 Å². The second kappa shape index (κ2) is 7.31. The maximum Gasteiger partial charge on any atom is 0.250 e. The molecule has 0 bridgehead atoms. The number of benzene rings is 1. The monoisotopic (exact) mass is 277 g/mol. The van der Waals surface area contributed by atoms with E-state index >= 15 is 0 Å². The Morgan fingerprint density at radius 2 is 2.10 bits per heavy atom. The SMILES string of the molecule is COCCOCC(=O)Nc1ccc(-n2cnnn2)cc1. The minimum absolute atomic E-state index is 0.00188. The predicted molar refractivity (Wildman–Crippen MR) is 70.5 cm³/mol. The fourth-order valence-corrected chi connectivity index (χ4v) is 1.48. The molecule has 0 saturated carbocycles. The first-order valence-corrected chi connectivity index (χ1v) is 5.99. The van der Waals surface area contributed by atoms with Crippen molar-refractivity contribution in [1.29, 1.82) is 0 Å². The van der Waals surface area contributed by atoms with Crippen molar-refractivity contribution in [2.45, 2.75) is 0 Å². The molecule has 1 aromatic carbocycles. The number of hydrogen-bond acceptors (Lipinski definition) is 6.